The summed E-state index contributed by atoms with van der Waals surface area (Å²) in [5.74, 6) is 0.708. The number of furan rings is 1. The summed E-state index contributed by atoms with van der Waals surface area (Å²) in [5, 5.41) is 2.45. The molecule has 0 atom stereocenters. The van der Waals surface area contributed by atoms with Crippen LogP contribution in [-0.2, 0) is 0 Å². The van der Waals surface area contributed by atoms with Gasteiger partial charge in [0.1, 0.15) is 11.2 Å². The van der Waals surface area contributed by atoms with E-state index < -0.39 is 0 Å². The standard InChI is InChI=1S/C45H27N3OS/c1-3-11-28(12-4-1)30-15-9-16-31(25-30)34-18-10-19-38-35-23-21-32(26-39(35)49-42(34)38)44-46-43(29-13-5-2-6-14-29)47-45(48-44)33-22-24-37-36-17-7-8-20-40(36)50-41(37)27-33/h1-27H/i10D,18D,19D,21D,23D,26D. The van der Waals surface area contributed by atoms with Gasteiger partial charge >= 0.3 is 0 Å². The summed E-state index contributed by atoms with van der Waals surface area (Å²) in [6.07, 6.45) is 0. The van der Waals surface area contributed by atoms with E-state index in [1.807, 2.05) is 109 Å². The van der Waals surface area contributed by atoms with Crippen molar-refractivity contribution in [1.29, 1.82) is 0 Å². The molecule has 5 heteroatoms. The van der Waals surface area contributed by atoms with Crippen LogP contribution >= 0.6 is 11.3 Å². The van der Waals surface area contributed by atoms with E-state index in [4.69, 9.17) is 23.5 Å². The van der Waals surface area contributed by atoms with Crippen LogP contribution in [0.2, 0.25) is 0 Å². The maximum absolute atomic E-state index is 9.52. The molecular weight excluding hydrogens is 631 g/mol. The van der Waals surface area contributed by atoms with Gasteiger partial charge in [-0.05, 0) is 47.0 Å². The number of para-hydroxylation sites is 1. The zero-order valence-electron chi connectivity index (χ0n) is 32.3. The van der Waals surface area contributed by atoms with Crippen LogP contribution < -0.4 is 0 Å². The highest BCUT2D eigenvalue weighted by Gasteiger charge is 2.17. The summed E-state index contributed by atoms with van der Waals surface area (Å²) >= 11 is 1.67. The molecule has 10 aromatic rings. The molecule has 0 bridgehead atoms. The van der Waals surface area contributed by atoms with Gasteiger partial charge in [0, 0.05) is 53.2 Å². The number of hydrogen-bond donors (Lipinski definition) is 0. The molecule has 0 aliphatic rings. The van der Waals surface area contributed by atoms with Crippen LogP contribution in [0.15, 0.2) is 168 Å². The molecule has 0 saturated carbocycles. The minimum Gasteiger partial charge on any atom is -0.455 e. The van der Waals surface area contributed by atoms with Gasteiger partial charge in [0.2, 0.25) is 0 Å². The Balaban J connectivity index is 1.21. The molecule has 0 aliphatic heterocycles. The van der Waals surface area contributed by atoms with Crippen molar-refractivity contribution in [2.45, 2.75) is 0 Å². The quantitative estimate of drug-likeness (QED) is 0.184. The van der Waals surface area contributed by atoms with E-state index in [1.165, 1.54) is 4.70 Å². The lowest BCUT2D eigenvalue weighted by atomic mass is 9.97. The molecule has 0 spiro atoms. The monoisotopic (exact) mass is 663 g/mol. The van der Waals surface area contributed by atoms with E-state index in [-0.39, 0.29) is 75.1 Å². The topological polar surface area (TPSA) is 51.8 Å². The van der Waals surface area contributed by atoms with Crippen molar-refractivity contribution >= 4 is 53.4 Å². The van der Waals surface area contributed by atoms with E-state index in [0.29, 0.717) is 22.8 Å². The first-order chi connectivity index (χ1) is 27.3. The lowest BCUT2D eigenvalue weighted by molar-refractivity contribution is 0.670. The molecule has 0 radical (unpaired) electrons. The van der Waals surface area contributed by atoms with E-state index >= 15 is 0 Å². The van der Waals surface area contributed by atoms with E-state index in [1.54, 1.807) is 11.3 Å². The Morgan fingerprint density at radius 3 is 1.98 bits per heavy atom. The fourth-order valence-electron chi connectivity index (χ4n) is 6.41. The highest BCUT2D eigenvalue weighted by Crippen LogP contribution is 2.39. The maximum Gasteiger partial charge on any atom is 0.164 e. The minimum atomic E-state index is -0.341. The van der Waals surface area contributed by atoms with Gasteiger partial charge in [-0.15, -0.1) is 11.3 Å². The van der Waals surface area contributed by atoms with Crippen LogP contribution in [0.5, 0.6) is 0 Å². The first-order valence-electron chi connectivity index (χ1n) is 19.1. The molecule has 7 aromatic carbocycles. The summed E-state index contributed by atoms with van der Waals surface area (Å²) in [6.45, 7) is 0. The number of thiophene rings is 1. The van der Waals surface area contributed by atoms with Gasteiger partial charge in [0.05, 0.1) is 8.22 Å². The number of benzene rings is 7. The van der Waals surface area contributed by atoms with Gasteiger partial charge in [0.15, 0.2) is 17.5 Å². The second-order valence-electron chi connectivity index (χ2n) is 11.9. The van der Waals surface area contributed by atoms with Crippen molar-refractivity contribution in [3.63, 3.8) is 0 Å². The summed E-state index contributed by atoms with van der Waals surface area (Å²) in [4.78, 5) is 14.5. The Morgan fingerprint density at radius 1 is 0.460 bits per heavy atom. The first kappa shape index (κ1) is 23.0. The van der Waals surface area contributed by atoms with Crippen molar-refractivity contribution in [2.24, 2.45) is 0 Å². The molecule has 0 amide bonds. The highest BCUT2D eigenvalue weighted by molar-refractivity contribution is 7.25. The van der Waals surface area contributed by atoms with Crippen LogP contribution in [0, 0.1) is 0 Å². The van der Waals surface area contributed by atoms with Gasteiger partial charge < -0.3 is 4.42 Å². The molecule has 0 fully saturated rings. The molecule has 0 unspecified atom stereocenters. The molecule has 0 aliphatic carbocycles. The Bertz CT molecular complexity index is 3220. The largest absolute Gasteiger partial charge is 0.455 e. The fraction of sp³-hybridized carbons (Fsp3) is 0. The highest BCUT2D eigenvalue weighted by atomic mass is 32.1. The van der Waals surface area contributed by atoms with Crippen molar-refractivity contribution in [3.8, 4) is 56.4 Å². The number of hydrogen-bond acceptors (Lipinski definition) is 5. The molecule has 0 N–H and O–H groups in total. The van der Waals surface area contributed by atoms with Crippen molar-refractivity contribution in [1.82, 2.24) is 15.0 Å². The van der Waals surface area contributed by atoms with Gasteiger partial charge in [0.25, 0.3) is 0 Å². The molecule has 50 heavy (non-hydrogen) atoms. The molecule has 0 saturated heterocycles. The Hall–Kier alpha value is -6.43. The van der Waals surface area contributed by atoms with Crippen LogP contribution in [0.1, 0.15) is 8.22 Å². The zero-order chi connectivity index (χ0) is 38.2. The molecule has 3 aromatic heterocycles. The molecule has 234 valence electrons. The lowest BCUT2D eigenvalue weighted by Gasteiger charge is -2.08. The average Bonchev–Trinajstić information content (AvgIpc) is 3.82. The smallest absolute Gasteiger partial charge is 0.164 e. The first-order valence-corrected chi connectivity index (χ1v) is 16.9. The summed E-state index contributed by atoms with van der Waals surface area (Å²) in [5.41, 5.74) is 4.17. The van der Waals surface area contributed by atoms with Crippen LogP contribution in [0.4, 0.5) is 0 Å². The van der Waals surface area contributed by atoms with Gasteiger partial charge in [-0.25, -0.2) is 15.0 Å². The number of nitrogens with zero attached hydrogens (tertiary/aromatic N) is 3. The maximum atomic E-state index is 9.52. The Labute approximate surface area is 300 Å². The van der Waals surface area contributed by atoms with Crippen molar-refractivity contribution < 1.29 is 12.6 Å². The molecular formula is C45H27N3OS. The second-order valence-corrected chi connectivity index (χ2v) is 13.0. The molecule has 4 nitrogen and oxygen atoms in total. The number of aromatic nitrogens is 3. The van der Waals surface area contributed by atoms with Crippen molar-refractivity contribution in [2.75, 3.05) is 0 Å². The summed E-state index contributed by atoms with van der Waals surface area (Å²) in [6, 6.07) is 39.3. The SMILES string of the molecule is [2H]c1c([2H])c([2H])c2c(oc3c([2H])c(-c4nc(-c5ccccc5)nc(-c5ccc6c(c5)sc5ccccc56)n4)c([2H])c([2H])c32)c1-c1cccc(-c2ccccc2)c1. The van der Waals surface area contributed by atoms with Crippen LogP contribution in [0.3, 0.4) is 0 Å². The van der Waals surface area contributed by atoms with Crippen molar-refractivity contribution in [3.05, 3.63) is 164 Å². The second kappa shape index (κ2) is 11.6. The fourth-order valence-corrected chi connectivity index (χ4v) is 7.56. The minimum absolute atomic E-state index is 0.0262. The molecule has 3 heterocycles. The van der Waals surface area contributed by atoms with Gasteiger partial charge in [-0.2, -0.15) is 0 Å². The summed E-state index contributed by atoms with van der Waals surface area (Å²) in [7, 11) is 0. The van der Waals surface area contributed by atoms with Gasteiger partial charge in [-0.1, -0.05) is 133 Å². The lowest BCUT2D eigenvalue weighted by Crippen LogP contribution is -2.00. The number of fused-ring (bicyclic) bond motifs is 6. The summed E-state index contributed by atoms with van der Waals surface area (Å²) < 4.78 is 63.5. The predicted molar refractivity (Wildman–Crippen MR) is 207 cm³/mol. The Morgan fingerprint density at radius 2 is 1.14 bits per heavy atom. The predicted octanol–water partition coefficient (Wildman–Crippen LogP) is 12.5. The molecule has 10 rings (SSSR count). The van der Waals surface area contributed by atoms with E-state index in [9.17, 15) is 4.11 Å². The third-order valence-corrected chi connectivity index (χ3v) is 9.98. The number of rotatable bonds is 5. The zero-order valence-corrected chi connectivity index (χ0v) is 27.1. The normalized spacial score (nSPS) is 13.3. The van der Waals surface area contributed by atoms with Crippen LogP contribution in [-0.4, -0.2) is 15.0 Å². The average molecular weight is 664 g/mol. The third-order valence-electron chi connectivity index (χ3n) is 8.85. The van der Waals surface area contributed by atoms with Gasteiger partial charge in [-0.3, -0.25) is 0 Å². The van der Waals surface area contributed by atoms with E-state index in [2.05, 4.69) is 18.2 Å². The van der Waals surface area contributed by atoms with E-state index in [0.717, 1.165) is 32.2 Å². The third kappa shape index (κ3) is 4.87. The van der Waals surface area contributed by atoms with Crippen LogP contribution in [0.25, 0.3) is 98.5 Å². The Kier molecular flexibility index (Phi) is 5.35.